The van der Waals surface area contributed by atoms with Crippen LogP contribution in [-0.2, 0) is 0 Å². The van der Waals surface area contributed by atoms with Crippen LogP contribution in [0, 0.1) is 6.92 Å². The van der Waals surface area contributed by atoms with Crippen molar-refractivity contribution in [3.63, 3.8) is 0 Å². The average molecular weight is 177 g/mol. The molecule has 0 saturated heterocycles. The minimum Gasteiger partial charge on any atom is -0.508 e. The van der Waals surface area contributed by atoms with Gasteiger partial charge in [0, 0.05) is 11.7 Å². The standard InChI is InChI=1S/C11H15NO/c1-8-7-10(5-6-11(8)13)12-9-3-2-4-9/h5-7,9,12-13H,2-4H2,1H3. The van der Waals surface area contributed by atoms with Crippen LogP contribution >= 0.6 is 0 Å². The Balaban J connectivity index is 2.07. The third kappa shape index (κ3) is 1.77. The van der Waals surface area contributed by atoms with Crippen molar-refractivity contribution in [1.29, 1.82) is 0 Å². The number of aromatic hydroxyl groups is 1. The first-order valence-electron chi connectivity index (χ1n) is 4.82. The summed E-state index contributed by atoms with van der Waals surface area (Å²) in [5, 5.41) is 12.8. The molecule has 1 aliphatic rings. The lowest BCUT2D eigenvalue weighted by Gasteiger charge is -2.27. The molecule has 0 amide bonds. The lowest BCUT2D eigenvalue weighted by molar-refractivity contribution is 0.445. The molecular formula is C11H15NO. The summed E-state index contributed by atoms with van der Waals surface area (Å²) >= 11 is 0. The Hall–Kier alpha value is -1.18. The molecular weight excluding hydrogens is 162 g/mol. The molecule has 2 nitrogen and oxygen atoms in total. The zero-order valence-corrected chi connectivity index (χ0v) is 7.88. The molecule has 0 heterocycles. The zero-order chi connectivity index (χ0) is 9.26. The Morgan fingerprint density at radius 1 is 1.38 bits per heavy atom. The van der Waals surface area contributed by atoms with Crippen molar-refractivity contribution < 1.29 is 5.11 Å². The number of hydrogen-bond acceptors (Lipinski definition) is 2. The van der Waals surface area contributed by atoms with Gasteiger partial charge in [-0.3, -0.25) is 0 Å². The second-order valence-electron chi connectivity index (χ2n) is 3.77. The number of phenolic OH excluding ortho intramolecular Hbond substituents is 1. The van der Waals surface area contributed by atoms with Crippen LogP contribution in [0.4, 0.5) is 5.69 Å². The number of rotatable bonds is 2. The third-order valence-corrected chi connectivity index (χ3v) is 2.67. The van der Waals surface area contributed by atoms with Gasteiger partial charge in [-0.25, -0.2) is 0 Å². The smallest absolute Gasteiger partial charge is 0.118 e. The second kappa shape index (κ2) is 3.29. The average Bonchev–Trinajstić information content (AvgIpc) is 2.04. The Labute approximate surface area is 78.6 Å². The summed E-state index contributed by atoms with van der Waals surface area (Å²) in [6.45, 7) is 1.92. The van der Waals surface area contributed by atoms with Gasteiger partial charge in [0.05, 0.1) is 0 Å². The normalized spacial score (nSPS) is 16.7. The first-order chi connectivity index (χ1) is 6.25. The van der Waals surface area contributed by atoms with Gasteiger partial charge in [0.25, 0.3) is 0 Å². The Bertz CT molecular complexity index is 305. The van der Waals surface area contributed by atoms with E-state index in [2.05, 4.69) is 5.32 Å². The SMILES string of the molecule is Cc1cc(NC2CCC2)ccc1O. The Kier molecular flexibility index (Phi) is 2.13. The van der Waals surface area contributed by atoms with Crippen LogP contribution in [0.25, 0.3) is 0 Å². The molecule has 0 aromatic heterocycles. The van der Waals surface area contributed by atoms with Crippen molar-refractivity contribution in [3.8, 4) is 5.75 Å². The van der Waals surface area contributed by atoms with E-state index >= 15 is 0 Å². The van der Waals surface area contributed by atoms with E-state index in [1.165, 1.54) is 19.3 Å². The summed E-state index contributed by atoms with van der Waals surface area (Å²) in [6.07, 6.45) is 3.90. The van der Waals surface area contributed by atoms with Crippen LogP contribution in [0.5, 0.6) is 5.75 Å². The number of hydrogen-bond donors (Lipinski definition) is 2. The maximum atomic E-state index is 9.32. The summed E-state index contributed by atoms with van der Waals surface area (Å²) in [5.41, 5.74) is 2.06. The van der Waals surface area contributed by atoms with Crippen molar-refractivity contribution in [3.05, 3.63) is 23.8 Å². The molecule has 1 fully saturated rings. The van der Waals surface area contributed by atoms with Crippen molar-refractivity contribution in [2.75, 3.05) is 5.32 Å². The van der Waals surface area contributed by atoms with Crippen LogP contribution in [0.15, 0.2) is 18.2 Å². The van der Waals surface area contributed by atoms with Crippen molar-refractivity contribution in [1.82, 2.24) is 0 Å². The molecule has 0 aliphatic heterocycles. The quantitative estimate of drug-likeness (QED) is 0.681. The molecule has 0 spiro atoms. The predicted octanol–water partition coefficient (Wildman–Crippen LogP) is 2.67. The van der Waals surface area contributed by atoms with E-state index in [-0.39, 0.29) is 0 Å². The zero-order valence-electron chi connectivity index (χ0n) is 7.88. The highest BCUT2D eigenvalue weighted by Gasteiger charge is 2.16. The minimum absolute atomic E-state index is 0.374. The van der Waals surface area contributed by atoms with E-state index in [0.717, 1.165) is 11.3 Å². The van der Waals surface area contributed by atoms with E-state index in [0.29, 0.717) is 11.8 Å². The Morgan fingerprint density at radius 3 is 2.69 bits per heavy atom. The fourth-order valence-corrected chi connectivity index (χ4v) is 1.53. The van der Waals surface area contributed by atoms with E-state index < -0.39 is 0 Å². The Morgan fingerprint density at radius 2 is 2.15 bits per heavy atom. The minimum atomic E-state index is 0.374. The van der Waals surface area contributed by atoms with E-state index in [9.17, 15) is 5.11 Å². The number of benzene rings is 1. The molecule has 0 atom stereocenters. The molecule has 70 valence electrons. The first kappa shape index (κ1) is 8.42. The summed E-state index contributed by atoms with van der Waals surface area (Å²) in [4.78, 5) is 0. The monoisotopic (exact) mass is 177 g/mol. The maximum Gasteiger partial charge on any atom is 0.118 e. The van der Waals surface area contributed by atoms with E-state index in [1.807, 2.05) is 19.1 Å². The third-order valence-electron chi connectivity index (χ3n) is 2.67. The fourth-order valence-electron chi connectivity index (χ4n) is 1.53. The molecule has 1 aromatic carbocycles. The van der Waals surface area contributed by atoms with Crippen molar-refractivity contribution in [2.45, 2.75) is 32.2 Å². The van der Waals surface area contributed by atoms with Gasteiger partial charge in [-0.1, -0.05) is 0 Å². The van der Waals surface area contributed by atoms with Gasteiger partial charge in [-0.2, -0.15) is 0 Å². The highest BCUT2D eigenvalue weighted by Crippen LogP contribution is 2.25. The fraction of sp³-hybridized carbons (Fsp3) is 0.455. The van der Waals surface area contributed by atoms with Crippen molar-refractivity contribution >= 4 is 5.69 Å². The van der Waals surface area contributed by atoms with Gasteiger partial charge >= 0.3 is 0 Å². The summed E-state index contributed by atoms with van der Waals surface area (Å²) in [6, 6.07) is 6.33. The molecule has 0 radical (unpaired) electrons. The molecule has 2 rings (SSSR count). The summed E-state index contributed by atoms with van der Waals surface area (Å²) < 4.78 is 0. The lowest BCUT2D eigenvalue weighted by atomic mass is 9.93. The number of nitrogens with one attached hydrogen (secondary N) is 1. The van der Waals surface area contributed by atoms with Crippen LogP contribution in [0.2, 0.25) is 0 Å². The van der Waals surface area contributed by atoms with Gasteiger partial charge in [0.2, 0.25) is 0 Å². The molecule has 2 heteroatoms. The van der Waals surface area contributed by atoms with Gasteiger partial charge < -0.3 is 10.4 Å². The largest absolute Gasteiger partial charge is 0.508 e. The second-order valence-corrected chi connectivity index (χ2v) is 3.77. The predicted molar refractivity (Wildman–Crippen MR) is 54.1 cm³/mol. The molecule has 0 bridgehead atoms. The molecule has 13 heavy (non-hydrogen) atoms. The molecule has 1 aromatic rings. The number of phenols is 1. The highest BCUT2D eigenvalue weighted by atomic mass is 16.3. The van der Waals surface area contributed by atoms with Crippen LogP contribution in [-0.4, -0.2) is 11.1 Å². The molecule has 2 N–H and O–H groups in total. The van der Waals surface area contributed by atoms with Crippen LogP contribution < -0.4 is 5.32 Å². The van der Waals surface area contributed by atoms with E-state index in [4.69, 9.17) is 0 Å². The van der Waals surface area contributed by atoms with Gasteiger partial charge in [0.15, 0.2) is 0 Å². The topological polar surface area (TPSA) is 32.3 Å². The van der Waals surface area contributed by atoms with Gasteiger partial charge in [0.1, 0.15) is 5.75 Å². The maximum absolute atomic E-state index is 9.32. The van der Waals surface area contributed by atoms with Gasteiger partial charge in [-0.05, 0) is 49.9 Å². The van der Waals surface area contributed by atoms with Gasteiger partial charge in [-0.15, -0.1) is 0 Å². The summed E-state index contributed by atoms with van der Waals surface area (Å²) in [5.74, 6) is 0.374. The summed E-state index contributed by atoms with van der Waals surface area (Å²) in [7, 11) is 0. The molecule has 1 aliphatic carbocycles. The van der Waals surface area contributed by atoms with Crippen LogP contribution in [0.3, 0.4) is 0 Å². The number of anilines is 1. The molecule has 0 unspecified atom stereocenters. The highest BCUT2D eigenvalue weighted by molar-refractivity contribution is 5.51. The van der Waals surface area contributed by atoms with Crippen LogP contribution in [0.1, 0.15) is 24.8 Å². The first-order valence-corrected chi connectivity index (χ1v) is 4.82. The van der Waals surface area contributed by atoms with Crippen molar-refractivity contribution in [2.24, 2.45) is 0 Å². The number of aryl methyl sites for hydroxylation is 1. The lowest BCUT2D eigenvalue weighted by Crippen LogP contribution is -2.26. The molecule has 1 saturated carbocycles. The van der Waals surface area contributed by atoms with E-state index in [1.54, 1.807) is 6.07 Å².